The number of ether oxygens (including phenoxy) is 4. The lowest BCUT2D eigenvalue weighted by Crippen LogP contribution is -2.45. The van der Waals surface area contributed by atoms with E-state index in [9.17, 15) is 0 Å². The summed E-state index contributed by atoms with van der Waals surface area (Å²) < 4.78 is 22.8. The van der Waals surface area contributed by atoms with Crippen LogP contribution in [-0.2, 0) is 0 Å². The second kappa shape index (κ2) is 9.05. The van der Waals surface area contributed by atoms with Gasteiger partial charge in [-0.25, -0.2) is 9.97 Å². The van der Waals surface area contributed by atoms with E-state index in [4.69, 9.17) is 18.9 Å². The van der Waals surface area contributed by atoms with Crippen molar-refractivity contribution >= 4 is 22.4 Å². The number of para-hydroxylation sites is 1. The molecule has 9 nitrogen and oxygen atoms in total. The third-order valence-corrected chi connectivity index (χ3v) is 5.83. The van der Waals surface area contributed by atoms with Gasteiger partial charge in [-0.15, -0.1) is 0 Å². The van der Waals surface area contributed by atoms with Crippen molar-refractivity contribution in [3.05, 3.63) is 36.7 Å². The molecule has 5 rings (SSSR count). The average Bonchev–Trinajstić information content (AvgIpc) is 3.30. The number of fused-ring (bicyclic) bond motifs is 2. The Bertz CT molecular complexity index is 1100. The zero-order chi connectivity index (χ0) is 21.9. The summed E-state index contributed by atoms with van der Waals surface area (Å²) in [5, 5.41) is 4.17. The molecule has 0 aliphatic carbocycles. The van der Waals surface area contributed by atoms with Crippen molar-refractivity contribution in [2.24, 2.45) is 0 Å². The van der Waals surface area contributed by atoms with Crippen LogP contribution >= 0.6 is 0 Å². The summed E-state index contributed by atoms with van der Waals surface area (Å²) in [5.74, 6) is 3.36. The first-order valence-electron chi connectivity index (χ1n) is 10.7. The largest absolute Gasteiger partial charge is 0.493 e. The highest BCUT2D eigenvalue weighted by Gasteiger charge is 2.19. The number of nitrogens with one attached hydrogen (secondary N) is 1. The molecule has 0 unspecified atom stereocenters. The Labute approximate surface area is 186 Å². The highest BCUT2D eigenvalue weighted by molar-refractivity contribution is 5.93. The number of benzene rings is 2. The molecule has 0 amide bonds. The van der Waals surface area contributed by atoms with Gasteiger partial charge in [0.05, 0.1) is 18.3 Å². The predicted octanol–water partition coefficient (Wildman–Crippen LogP) is 2.74. The first-order valence-corrected chi connectivity index (χ1v) is 10.7. The molecule has 3 heterocycles. The quantitative estimate of drug-likeness (QED) is 0.600. The number of hydrogen-bond donors (Lipinski definition) is 1. The van der Waals surface area contributed by atoms with Gasteiger partial charge in [-0.1, -0.05) is 6.07 Å². The molecule has 0 spiro atoms. The molecule has 1 fully saturated rings. The van der Waals surface area contributed by atoms with Crippen molar-refractivity contribution in [2.75, 3.05) is 65.6 Å². The Hall–Kier alpha value is -3.30. The van der Waals surface area contributed by atoms with Crippen LogP contribution in [0.2, 0.25) is 0 Å². The lowest BCUT2D eigenvalue weighted by atomic mass is 10.2. The van der Waals surface area contributed by atoms with Gasteiger partial charge in [0.15, 0.2) is 23.0 Å². The molecule has 2 aliphatic heterocycles. The zero-order valence-corrected chi connectivity index (χ0v) is 18.3. The van der Waals surface area contributed by atoms with Gasteiger partial charge in [0.25, 0.3) is 0 Å². The van der Waals surface area contributed by atoms with Crippen molar-refractivity contribution < 1.29 is 18.9 Å². The average molecular weight is 438 g/mol. The number of likely N-dealkylation sites (N-methyl/N-ethyl adjacent to an activating group) is 1. The van der Waals surface area contributed by atoms with E-state index in [-0.39, 0.29) is 6.79 Å². The zero-order valence-electron chi connectivity index (χ0n) is 18.3. The van der Waals surface area contributed by atoms with E-state index in [0.29, 0.717) is 35.4 Å². The summed E-state index contributed by atoms with van der Waals surface area (Å²) in [6, 6.07) is 9.52. The second-order valence-corrected chi connectivity index (χ2v) is 7.90. The first kappa shape index (κ1) is 20.6. The highest BCUT2D eigenvalue weighted by atomic mass is 16.7. The van der Waals surface area contributed by atoms with Crippen molar-refractivity contribution in [1.82, 2.24) is 19.8 Å². The predicted molar refractivity (Wildman–Crippen MR) is 121 cm³/mol. The Morgan fingerprint density at radius 1 is 1.06 bits per heavy atom. The number of rotatable bonds is 7. The topological polar surface area (TPSA) is 81.2 Å². The van der Waals surface area contributed by atoms with E-state index in [2.05, 4.69) is 32.1 Å². The first-order chi connectivity index (χ1) is 15.7. The second-order valence-electron chi connectivity index (χ2n) is 7.90. The minimum atomic E-state index is 0.210. The molecule has 0 bridgehead atoms. The van der Waals surface area contributed by atoms with E-state index < -0.39 is 0 Å². The molecule has 0 radical (unpaired) electrons. The molecule has 0 saturated carbocycles. The van der Waals surface area contributed by atoms with Gasteiger partial charge < -0.3 is 29.2 Å². The van der Waals surface area contributed by atoms with Crippen LogP contribution in [0.4, 0.5) is 11.5 Å². The van der Waals surface area contributed by atoms with Crippen LogP contribution in [0.1, 0.15) is 0 Å². The van der Waals surface area contributed by atoms with Gasteiger partial charge in [0.2, 0.25) is 6.79 Å². The maximum absolute atomic E-state index is 6.09. The van der Waals surface area contributed by atoms with Gasteiger partial charge >= 0.3 is 0 Å². The van der Waals surface area contributed by atoms with Crippen LogP contribution in [0.3, 0.4) is 0 Å². The summed E-state index contributed by atoms with van der Waals surface area (Å²) in [5.41, 5.74) is 1.55. The van der Waals surface area contributed by atoms with Crippen LogP contribution in [0.5, 0.6) is 23.0 Å². The van der Waals surface area contributed by atoms with E-state index >= 15 is 0 Å². The van der Waals surface area contributed by atoms with E-state index in [1.165, 1.54) is 6.33 Å². The minimum Gasteiger partial charge on any atom is -0.493 e. The smallest absolute Gasteiger partial charge is 0.231 e. The van der Waals surface area contributed by atoms with Crippen molar-refractivity contribution in [3.63, 3.8) is 0 Å². The summed E-state index contributed by atoms with van der Waals surface area (Å²) in [6.45, 7) is 5.99. The number of nitrogens with zero attached hydrogens (tertiary/aromatic N) is 4. The molecule has 32 heavy (non-hydrogen) atoms. The normalized spacial score (nSPS) is 16.3. The van der Waals surface area contributed by atoms with E-state index in [1.54, 1.807) is 7.11 Å². The Kier molecular flexibility index (Phi) is 5.83. The molecule has 1 N–H and O–H groups in total. The van der Waals surface area contributed by atoms with Gasteiger partial charge in [0, 0.05) is 44.2 Å². The van der Waals surface area contributed by atoms with Crippen molar-refractivity contribution in [3.8, 4) is 23.0 Å². The molecule has 1 saturated heterocycles. The van der Waals surface area contributed by atoms with Crippen LogP contribution in [-0.4, -0.2) is 80.0 Å². The van der Waals surface area contributed by atoms with Crippen molar-refractivity contribution in [2.45, 2.75) is 0 Å². The third kappa shape index (κ3) is 4.21. The lowest BCUT2D eigenvalue weighted by Gasteiger charge is -2.32. The van der Waals surface area contributed by atoms with Gasteiger partial charge in [-0.05, 0) is 25.2 Å². The number of piperazine rings is 1. The fraction of sp³-hybridized carbons (Fsp3) is 0.391. The molecule has 3 aromatic rings. The van der Waals surface area contributed by atoms with Crippen molar-refractivity contribution in [1.29, 1.82) is 0 Å². The molecule has 2 aliphatic rings. The summed E-state index contributed by atoms with van der Waals surface area (Å²) in [6.07, 6.45) is 1.53. The maximum atomic E-state index is 6.09. The van der Waals surface area contributed by atoms with Crippen LogP contribution in [0.25, 0.3) is 10.9 Å². The highest BCUT2D eigenvalue weighted by Crippen LogP contribution is 2.41. The molecular formula is C23H27N5O4. The fourth-order valence-corrected chi connectivity index (χ4v) is 3.95. The van der Waals surface area contributed by atoms with E-state index in [1.807, 2.05) is 30.3 Å². The third-order valence-electron chi connectivity index (χ3n) is 5.83. The number of aromatic nitrogens is 2. The monoisotopic (exact) mass is 437 g/mol. The SMILES string of the molecule is COc1cc2c(Nc3cccc4c3OCO4)ncnc2cc1OCCN1CCN(C)CC1. The summed E-state index contributed by atoms with van der Waals surface area (Å²) in [7, 11) is 3.80. The fourth-order valence-electron chi connectivity index (χ4n) is 3.95. The standard InChI is InChI=1S/C23H27N5O4/c1-27-6-8-28(9-7-27)10-11-30-21-13-18-16(12-20(21)29-2)23(25-14-24-18)26-17-4-3-5-19-22(17)32-15-31-19/h3-5,12-14H,6-11,15H2,1-2H3,(H,24,25,26). The number of anilines is 2. The summed E-state index contributed by atoms with van der Waals surface area (Å²) in [4.78, 5) is 13.6. The van der Waals surface area contributed by atoms with Gasteiger partial charge in [-0.3, -0.25) is 4.90 Å². The Morgan fingerprint density at radius 2 is 1.94 bits per heavy atom. The Balaban J connectivity index is 1.35. The molecule has 9 heteroatoms. The van der Waals surface area contributed by atoms with Crippen LogP contribution in [0, 0.1) is 0 Å². The van der Waals surface area contributed by atoms with Gasteiger partial charge in [-0.2, -0.15) is 0 Å². The maximum Gasteiger partial charge on any atom is 0.231 e. The molecule has 1 aromatic heterocycles. The minimum absolute atomic E-state index is 0.210. The molecule has 2 aromatic carbocycles. The molecule has 168 valence electrons. The molecule has 0 atom stereocenters. The lowest BCUT2D eigenvalue weighted by molar-refractivity contribution is 0.133. The number of hydrogen-bond acceptors (Lipinski definition) is 9. The summed E-state index contributed by atoms with van der Waals surface area (Å²) >= 11 is 0. The molecular weight excluding hydrogens is 410 g/mol. The van der Waals surface area contributed by atoms with Gasteiger partial charge in [0.1, 0.15) is 18.8 Å². The Morgan fingerprint density at radius 3 is 2.78 bits per heavy atom. The van der Waals surface area contributed by atoms with Crippen LogP contribution < -0.4 is 24.3 Å². The number of methoxy groups -OCH3 is 1. The van der Waals surface area contributed by atoms with E-state index in [0.717, 1.165) is 49.3 Å². The van der Waals surface area contributed by atoms with Crippen LogP contribution in [0.15, 0.2) is 36.7 Å².